The molecule has 2 amide bonds. The van der Waals surface area contributed by atoms with Gasteiger partial charge >= 0.3 is 0 Å². The maximum Gasteiger partial charge on any atom is 0.274 e. The number of fused-ring (bicyclic) bond motifs is 1. The fourth-order valence-corrected chi connectivity index (χ4v) is 8.20. The molecule has 0 saturated carbocycles. The van der Waals surface area contributed by atoms with Crippen molar-refractivity contribution in [3.8, 4) is 5.75 Å². The van der Waals surface area contributed by atoms with Crippen molar-refractivity contribution < 1.29 is 27.9 Å². The van der Waals surface area contributed by atoms with Crippen LogP contribution in [0.3, 0.4) is 0 Å². The van der Waals surface area contributed by atoms with Gasteiger partial charge in [0.15, 0.2) is 5.54 Å². The number of carbonyl (C=O) groups excluding carboxylic acids is 2. The fraction of sp³-hybridized carbons (Fsp3) is 0.393. The van der Waals surface area contributed by atoms with Gasteiger partial charge in [-0.15, -0.1) is 0 Å². The third kappa shape index (κ3) is 4.15. The summed E-state index contributed by atoms with van der Waals surface area (Å²) in [6.07, 6.45) is -0.913. The zero-order chi connectivity index (χ0) is 30.0. The second-order valence-corrected chi connectivity index (χ2v) is 12.7. The molecule has 0 radical (unpaired) electrons. The Bertz CT molecular complexity index is 1670. The van der Waals surface area contributed by atoms with Crippen LogP contribution in [0.1, 0.15) is 28.9 Å². The Labute approximate surface area is 243 Å². The van der Waals surface area contributed by atoms with E-state index in [1.807, 2.05) is 0 Å². The average Bonchev–Trinajstić information content (AvgIpc) is 3.51. The minimum atomic E-state index is -4.52. The van der Waals surface area contributed by atoms with Gasteiger partial charge in [-0.3, -0.25) is 19.2 Å². The highest BCUT2D eigenvalue weighted by atomic mass is 35.5. The molecule has 1 saturated heterocycles. The third-order valence-corrected chi connectivity index (χ3v) is 10.1. The van der Waals surface area contributed by atoms with Crippen LogP contribution in [0.2, 0.25) is 5.02 Å². The van der Waals surface area contributed by atoms with Gasteiger partial charge in [-0.1, -0.05) is 29.8 Å². The van der Waals surface area contributed by atoms with Crippen molar-refractivity contribution >= 4 is 39.1 Å². The maximum absolute atomic E-state index is 15.1. The first kappa shape index (κ1) is 29.1. The van der Waals surface area contributed by atoms with Crippen molar-refractivity contribution in [2.75, 3.05) is 32.1 Å². The first-order valence-corrected chi connectivity index (χ1v) is 14.8. The monoisotopic (exact) mass is 601 g/mol. The lowest BCUT2D eigenvalue weighted by atomic mass is 9.80. The molecule has 2 aromatic carbocycles. The molecule has 3 atom stereocenters. The van der Waals surface area contributed by atoms with E-state index >= 15 is 4.79 Å². The number of ether oxygens (including phenoxy) is 1. The Morgan fingerprint density at radius 3 is 2.46 bits per heavy atom. The number of para-hydroxylation sites is 1. The molecule has 11 nitrogen and oxygen atoms in total. The van der Waals surface area contributed by atoms with E-state index in [2.05, 4.69) is 5.10 Å². The number of aliphatic hydroxyl groups is 1. The Kier molecular flexibility index (Phi) is 7.17. The number of likely N-dealkylation sites (tertiary alicyclic amines) is 1. The van der Waals surface area contributed by atoms with Crippen LogP contribution in [-0.2, 0) is 32.2 Å². The number of β-amino-alcohol motifs (C(OH)–C–C–N with tert-alkyl or cyclic N) is 1. The molecule has 2 aliphatic heterocycles. The van der Waals surface area contributed by atoms with Gasteiger partial charge in [0.2, 0.25) is 5.91 Å². The summed E-state index contributed by atoms with van der Waals surface area (Å²) in [5, 5.41) is 15.4. The van der Waals surface area contributed by atoms with Crippen LogP contribution in [0.4, 0.5) is 5.69 Å². The van der Waals surface area contributed by atoms with Gasteiger partial charge in [0.25, 0.3) is 15.9 Å². The second-order valence-electron chi connectivity index (χ2n) is 10.6. The Hall–Kier alpha value is -3.45. The number of amides is 2. The maximum atomic E-state index is 15.1. The zero-order valence-electron chi connectivity index (χ0n) is 23.6. The summed E-state index contributed by atoms with van der Waals surface area (Å²) in [7, 11) is 1.74. The lowest BCUT2D eigenvalue weighted by Crippen LogP contribution is -2.59. The van der Waals surface area contributed by atoms with E-state index in [0.29, 0.717) is 17.0 Å². The van der Waals surface area contributed by atoms with Gasteiger partial charge in [-0.25, -0.2) is 12.7 Å². The van der Waals surface area contributed by atoms with Gasteiger partial charge in [0.1, 0.15) is 10.6 Å². The topological polar surface area (TPSA) is 125 Å². The molecule has 1 aromatic heterocycles. The molecule has 0 spiro atoms. The summed E-state index contributed by atoms with van der Waals surface area (Å²) in [6.45, 7) is 3.10. The molecule has 218 valence electrons. The van der Waals surface area contributed by atoms with E-state index in [0.717, 1.165) is 4.31 Å². The number of benzene rings is 2. The predicted octanol–water partition coefficient (Wildman–Crippen LogP) is 2.20. The number of sulfonamides is 1. The molecule has 5 rings (SSSR count). The Morgan fingerprint density at radius 1 is 1.17 bits per heavy atom. The molecule has 2 aliphatic rings. The summed E-state index contributed by atoms with van der Waals surface area (Å²) in [4.78, 5) is 31.5. The van der Waals surface area contributed by atoms with Crippen LogP contribution >= 0.6 is 11.6 Å². The summed E-state index contributed by atoms with van der Waals surface area (Å²) in [5.41, 5.74) is -0.631. The molecule has 1 N–H and O–H groups in total. The van der Waals surface area contributed by atoms with Crippen molar-refractivity contribution in [2.45, 2.75) is 42.8 Å². The number of aliphatic hydroxyl groups excluding tert-OH is 1. The van der Waals surface area contributed by atoms with Gasteiger partial charge in [0, 0.05) is 43.8 Å². The van der Waals surface area contributed by atoms with Crippen molar-refractivity contribution in [1.29, 1.82) is 0 Å². The summed E-state index contributed by atoms with van der Waals surface area (Å²) < 4.78 is 36.9. The summed E-state index contributed by atoms with van der Waals surface area (Å²) >= 11 is 6.51. The number of aryl methyl sites for hydroxylation is 2. The second kappa shape index (κ2) is 10.1. The quantitative estimate of drug-likeness (QED) is 0.456. The molecule has 0 bridgehead atoms. The Balaban J connectivity index is 1.89. The number of carbonyl (C=O) groups is 2. The lowest BCUT2D eigenvalue weighted by molar-refractivity contribution is -0.138. The molecular weight excluding hydrogens is 570 g/mol. The first-order chi connectivity index (χ1) is 19.3. The van der Waals surface area contributed by atoms with Gasteiger partial charge in [-0.05, 0) is 44.5 Å². The molecule has 3 aromatic rings. The molecule has 1 fully saturated rings. The van der Waals surface area contributed by atoms with Gasteiger partial charge in [-0.2, -0.15) is 5.10 Å². The lowest BCUT2D eigenvalue weighted by Gasteiger charge is -2.42. The van der Waals surface area contributed by atoms with Crippen LogP contribution < -0.4 is 9.04 Å². The van der Waals surface area contributed by atoms with Crippen molar-refractivity contribution in [3.63, 3.8) is 0 Å². The smallest absolute Gasteiger partial charge is 0.274 e. The van der Waals surface area contributed by atoms with Crippen molar-refractivity contribution in [3.05, 3.63) is 70.0 Å². The minimum Gasteiger partial charge on any atom is -0.496 e. The molecule has 3 heterocycles. The van der Waals surface area contributed by atoms with E-state index in [1.165, 1.54) is 28.8 Å². The molecular formula is C28H32ClN5O6S. The highest BCUT2D eigenvalue weighted by Gasteiger charge is 2.64. The summed E-state index contributed by atoms with van der Waals surface area (Å²) in [5.74, 6) is -0.878. The van der Waals surface area contributed by atoms with E-state index in [1.54, 1.807) is 70.2 Å². The van der Waals surface area contributed by atoms with Crippen LogP contribution in [0, 0.1) is 13.8 Å². The van der Waals surface area contributed by atoms with E-state index < -0.39 is 33.6 Å². The molecule has 1 unspecified atom stereocenters. The van der Waals surface area contributed by atoms with E-state index in [-0.39, 0.29) is 45.7 Å². The van der Waals surface area contributed by atoms with Gasteiger partial charge in [0.05, 0.1) is 36.3 Å². The highest BCUT2D eigenvalue weighted by Crippen LogP contribution is 2.55. The standard InChI is InChI=1S/C28H32ClN5O6S/c1-16-25(17(2)32(5)30-16)41(38,39)34-22-12-11-18(29)13-21(22)28(27(34)37,20-9-7-8-10-24(20)40-6)33-15-19(35)14-23(33)26(36)31(3)4/h7-13,19,23,35H,14-15H2,1-6H3/t19-,23+,28?/m1/s1. The Morgan fingerprint density at radius 2 is 1.85 bits per heavy atom. The number of halogens is 1. The largest absolute Gasteiger partial charge is 0.496 e. The highest BCUT2D eigenvalue weighted by molar-refractivity contribution is 7.93. The number of likely N-dealkylation sites (N-methyl/N-ethyl adjacent to an activating group) is 1. The van der Waals surface area contributed by atoms with E-state index in [9.17, 15) is 18.3 Å². The number of hydrogen-bond acceptors (Lipinski definition) is 8. The predicted molar refractivity (Wildman–Crippen MR) is 152 cm³/mol. The minimum absolute atomic E-state index is 0.0463. The number of aromatic nitrogens is 2. The van der Waals surface area contributed by atoms with Crippen LogP contribution in [0.5, 0.6) is 5.75 Å². The molecule has 0 aliphatic carbocycles. The third-order valence-electron chi connectivity index (χ3n) is 7.93. The number of methoxy groups -OCH3 is 1. The molecule has 41 heavy (non-hydrogen) atoms. The SMILES string of the molecule is COc1ccccc1C1(N2C[C@H](O)C[C@H]2C(=O)N(C)C)C(=O)N(S(=O)(=O)c2c(C)nn(C)c2C)c2ccc(Cl)cc21. The van der Waals surface area contributed by atoms with Crippen LogP contribution in [-0.4, -0.2) is 84.8 Å². The number of rotatable bonds is 6. The number of nitrogens with zero attached hydrogens (tertiary/aromatic N) is 5. The zero-order valence-corrected chi connectivity index (χ0v) is 25.2. The number of hydrogen-bond donors (Lipinski definition) is 1. The number of anilines is 1. The normalized spacial score (nSPS) is 22.7. The average molecular weight is 602 g/mol. The first-order valence-electron chi connectivity index (χ1n) is 13.0. The van der Waals surface area contributed by atoms with Gasteiger partial charge < -0.3 is 14.7 Å². The summed E-state index contributed by atoms with van der Waals surface area (Å²) in [6, 6.07) is 10.4. The van der Waals surface area contributed by atoms with Crippen LogP contribution in [0.15, 0.2) is 47.4 Å². The van der Waals surface area contributed by atoms with Crippen molar-refractivity contribution in [2.24, 2.45) is 7.05 Å². The fourth-order valence-electron chi connectivity index (χ4n) is 6.16. The molecule has 13 heteroatoms. The van der Waals surface area contributed by atoms with E-state index in [4.69, 9.17) is 16.3 Å². The van der Waals surface area contributed by atoms with Crippen LogP contribution in [0.25, 0.3) is 0 Å². The van der Waals surface area contributed by atoms with Crippen molar-refractivity contribution in [1.82, 2.24) is 19.6 Å².